The van der Waals surface area contributed by atoms with Crippen molar-refractivity contribution in [1.29, 1.82) is 0 Å². The predicted octanol–water partition coefficient (Wildman–Crippen LogP) is 2.77. The number of rotatable bonds is 1. The predicted molar refractivity (Wildman–Crippen MR) is 80.8 cm³/mol. The van der Waals surface area contributed by atoms with E-state index in [2.05, 4.69) is 10.1 Å². The van der Waals surface area contributed by atoms with Crippen LogP contribution in [0, 0.1) is 0 Å². The van der Waals surface area contributed by atoms with Crippen LogP contribution < -0.4 is 10.6 Å². The summed E-state index contributed by atoms with van der Waals surface area (Å²) in [6, 6.07) is 9.91. The van der Waals surface area contributed by atoms with Gasteiger partial charge in [0.05, 0.1) is 5.54 Å². The van der Waals surface area contributed by atoms with E-state index in [1.165, 1.54) is 16.0 Å². The molecule has 1 aromatic carbocycles. The largest absolute Gasteiger partial charge is 0.334 e. The van der Waals surface area contributed by atoms with E-state index in [-0.39, 0.29) is 5.54 Å². The molecule has 2 aromatic heterocycles. The van der Waals surface area contributed by atoms with E-state index >= 15 is 0 Å². The summed E-state index contributed by atoms with van der Waals surface area (Å²) in [5.74, 6) is 6.04. The maximum Gasteiger partial charge on any atom is 0.270 e. The molecule has 0 bridgehead atoms. The van der Waals surface area contributed by atoms with Crippen LogP contribution in [0.3, 0.4) is 0 Å². The van der Waals surface area contributed by atoms with Crippen LogP contribution in [0.25, 0.3) is 21.7 Å². The van der Waals surface area contributed by atoms with E-state index in [1.54, 1.807) is 0 Å². The van der Waals surface area contributed by atoms with Crippen LogP contribution in [-0.2, 0) is 0 Å². The molecule has 0 saturated heterocycles. The Bertz CT molecular complexity index is 805. The molecule has 5 nitrogen and oxygen atoms in total. The summed E-state index contributed by atoms with van der Waals surface area (Å²) in [6.45, 7) is 6.10. The minimum absolute atomic E-state index is 0.191. The van der Waals surface area contributed by atoms with Gasteiger partial charge in [0, 0.05) is 5.56 Å². The van der Waals surface area contributed by atoms with Crippen LogP contribution in [0.1, 0.15) is 20.8 Å². The molecule has 0 unspecified atom stereocenters. The lowest BCUT2D eigenvalue weighted by molar-refractivity contribution is 0.442. The zero-order valence-electron chi connectivity index (χ0n) is 11.6. The molecule has 0 aliphatic carbocycles. The number of nitrogens with two attached hydrogens (primary N) is 1. The molecule has 0 spiro atoms. The quantitative estimate of drug-likeness (QED) is 0.700. The number of aromatic nitrogens is 2. The van der Waals surface area contributed by atoms with Gasteiger partial charge in [-0.05, 0) is 20.8 Å². The molecule has 0 radical (unpaired) electrons. The molecular formula is C14H16N4OS. The maximum atomic E-state index is 6.04. The van der Waals surface area contributed by atoms with Crippen LogP contribution in [0.4, 0.5) is 0 Å². The van der Waals surface area contributed by atoms with Crippen molar-refractivity contribution in [3.8, 4) is 11.3 Å². The summed E-state index contributed by atoms with van der Waals surface area (Å²) >= 11 is 1.49. The van der Waals surface area contributed by atoms with Crippen molar-refractivity contribution < 1.29 is 4.52 Å². The van der Waals surface area contributed by atoms with Crippen LogP contribution in [-0.4, -0.2) is 15.4 Å². The molecule has 0 aliphatic rings. The second-order valence-electron chi connectivity index (χ2n) is 5.57. The number of nitrogens with zero attached hydrogens (tertiary/aromatic N) is 3. The maximum absolute atomic E-state index is 6.04. The molecule has 20 heavy (non-hydrogen) atoms. The van der Waals surface area contributed by atoms with Crippen LogP contribution in [0.5, 0.6) is 0 Å². The first kappa shape index (κ1) is 12.9. The van der Waals surface area contributed by atoms with Crippen LogP contribution in [0.15, 0.2) is 39.8 Å². The van der Waals surface area contributed by atoms with Crippen molar-refractivity contribution in [2.75, 3.05) is 5.84 Å². The van der Waals surface area contributed by atoms with Gasteiger partial charge in [0.25, 0.3) is 5.71 Å². The van der Waals surface area contributed by atoms with Crippen molar-refractivity contribution in [2.24, 2.45) is 4.99 Å². The Hall–Kier alpha value is -2.08. The molecule has 2 N–H and O–H groups in total. The topological polar surface area (TPSA) is 69.3 Å². The molecule has 6 heteroatoms. The fourth-order valence-corrected chi connectivity index (χ4v) is 3.05. The Morgan fingerprint density at radius 3 is 2.60 bits per heavy atom. The molecule has 0 fully saturated rings. The average molecular weight is 288 g/mol. The Kier molecular flexibility index (Phi) is 2.90. The number of hydrogen-bond acceptors (Lipinski definition) is 5. The third-order valence-electron chi connectivity index (χ3n) is 2.73. The zero-order valence-corrected chi connectivity index (χ0v) is 12.4. The minimum Gasteiger partial charge on any atom is -0.334 e. The Labute approximate surface area is 120 Å². The third-order valence-corrected chi connectivity index (χ3v) is 3.77. The van der Waals surface area contributed by atoms with Crippen molar-refractivity contribution in [3.05, 3.63) is 35.1 Å². The van der Waals surface area contributed by atoms with Gasteiger partial charge in [-0.2, -0.15) is 4.68 Å². The van der Waals surface area contributed by atoms with Crippen molar-refractivity contribution in [1.82, 2.24) is 9.83 Å². The van der Waals surface area contributed by atoms with Gasteiger partial charge >= 0.3 is 0 Å². The fraction of sp³-hybridized carbons (Fsp3) is 0.286. The monoisotopic (exact) mass is 288 g/mol. The van der Waals surface area contributed by atoms with Crippen molar-refractivity contribution in [3.63, 3.8) is 0 Å². The molecule has 104 valence electrons. The first-order valence-electron chi connectivity index (χ1n) is 6.33. The Morgan fingerprint density at radius 1 is 1.25 bits per heavy atom. The second-order valence-corrected chi connectivity index (χ2v) is 6.55. The van der Waals surface area contributed by atoms with E-state index in [0.29, 0.717) is 5.71 Å². The molecule has 0 amide bonds. The van der Waals surface area contributed by atoms with E-state index in [1.807, 2.05) is 51.1 Å². The van der Waals surface area contributed by atoms with Crippen LogP contribution >= 0.6 is 11.3 Å². The molecule has 0 atom stereocenters. The number of thiazole rings is 1. The summed E-state index contributed by atoms with van der Waals surface area (Å²) in [5, 5.41) is 4.12. The summed E-state index contributed by atoms with van der Waals surface area (Å²) in [4.78, 5) is 5.33. The third kappa shape index (κ3) is 2.22. The lowest BCUT2D eigenvalue weighted by Gasteiger charge is -2.09. The Morgan fingerprint density at radius 2 is 1.95 bits per heavy atom. The average Bonchev–Trinajstić information content (AvgIpc) is 2.91. The lowest BCUT2D eigenvalue weighted by Crippen LogP contribution is -2.26. The molecular weight excluding hydrogens is 272 g/mol. The Balaban J connectivity index is 2.24. The van der Waals surface area contributed by atoms with Gasteiger partial charge in [-0.3, -0.25) is 4.99 Å². The van der Waals surface area contributed by atoms with Gasteiger partial charge in [0.1, 0.15) is 10.4 Å². The van der Waals surface area contributed by atoms with E-state index in [9.17, 15) is 0 Å². The highest BCUT2D eigenvalue weighted by molar-refractivity contribution is 7.16. The highest BCUT2D eigenvalue weighted by Crippen LogP contribution is 2.29. The van der Waals surface area contributed by atoms with Crippen LogP contribution in [0.2, 0.25) is 0 Å². The molecule has 3 rings (SSSR count). The number of hydrogen-bond donors (Lipinski definition) is 1. The summed E-state index contributed by atoms with van der Waals surface area (Å²) in [7, 11) is 0. The molecule has 3 aromatic rings. The first-order chi connectivity index (χ1) is 9.46. The second kappa shape index (κ2) is 4.49. The summed E-state index contributed by atoms with van der Waals surface area (Å²) < 4.78 is 7.75. The number of fused-ring (bicyclic) bond motifs is 1. The lowest BCUT2D eigenvalue weighted by atomic mass is 10.1. The van der Waals surface area contributed by atoms with E-state index in [4.69, 9.17) is 10.4 Å². The van der Waals surface area contributed by atoms with E-state index in [0.717, 1.165) is 20.8 Å². The molecule has 2 heterocycles. The van der Waals surface area contributed by atoms with Gasteiger partial charge in [0.2, 0.25) is 4.80 Å². The number of benzene rings is 1. The molecule has 0 saturated carbocycles. The molecule has 0 aliphatic heterocycles. The van der Waals surface area contributed by atoms with Gasteiger partial charge in [-0.25, -0.2) is 0 Å². The van der Waals surface area contributed by atoms with Gasteiger partial charge in [-0.15, -0.1) is 0 Å². The zero-order chi connectivity index (χ0) is 14.3. The standard InChI is InChI=1S/C14H16N4OS/c1-14(2,3)16-13-18(15)12-11(20-13)10(17-19-12)9-7-5-4-6-8-9/h4-8H,15H2,1-3H3. The number of nitrogen functional groups attached to an aromatic ring is 1. The first-order valence-corrected chi connectivity index (χ1v) is 7.15. The van der Waals surface area contributed by atoms with E-state index < -0.39 is 0 Å². The van der Waals surface area contributed by atoms with Crippen molar-refractivity contribution >= 4 is 21.8 Å². The summed E-state index contributed by atoms with van der Waals surface area (Å²) in [6.07, 6.45) is 0. The fourth-order valence-electron chi connectivity index (χ4n) is 1.89. The summed E-state index contributed by atoms with van der Waals surface area (Å²) in [5.41, 5.74) is 2.18. The van der Waals surface area contributed by atoms with Gasteiger partial charge in [-0.1, -0.05) is 46.8 Å². The SMILES string of the molecule is CC(C)(C)N=c1sc2c(-c3ccccc3)noc2n1N. The highest BCUT2D eigenvalue weighted by atomic mass is 32.1. The van der Waals surface area contributed by atoms with Crippen molar-refractivity contribution in [2.45, 2.75) is 26.3 Å². The van der Waals surface area contributed by atoms with Gasteiger partial charge in [0.15, 0.2) is 0 Å². The minimum atomic E-state index is -0.191. The normalized spacial score (nSPS) is 13.2. The highest BCUT2D eigenvalue weighted by Gasteiger charge is 2.17. The smallest absolute Gasteiger partial charge is 0.270 e. The van der Waals surface area contributed by atoms with Gasteiger partial charge < -0.3 is 10.4 Å².